The Labute approximate surface area is 97.1 Å². The predicted octanol–water partition coefficient (Wildman–Crippen LogP) is 2.51. The predicted molar refractivity (Wildman–Crippen MR) is 64.9 cm³/mol. The van der Waals surface area contributed by atoms with Crippen LogP contribution in [0.25, 0.3) is 11.0 Å². The van der Waals surface area contributed by atoms with Gasteiger partial charge in [0.05, 0.1) is 22.3 Å². The number of carboxylic acid groups (broad SMARTS) is 1. The summed E-state index contributed by atoms with van der Waals surface area (Å²) >= 11 is 1.78. The zero-order valence-corrected chi connectivity index (χ0v) is 9.67. The van der Waals surface area contributed by atoms with Crippen LogP contribution in [0.4, 0.5) is 0 Å². The van der Waals surface area contributed by atoms with E-state index in [1.165, 1.54) is 0 Å². The van der Waals surface area contributed by atoms with Crippen LogP contribution >= 0.6 is 11.8 Å². The molecule has 0 fully saturated rings. The third-order valence-corrected chi connectivity index (χ3v) is 3.11. The van der Waals surface area contributed by atoms with E-state index >= 15 is 0 Å². The number of nitrogens with one attached hydrogen (secondary N) is 1. The number of hydrogen-bond donors (Lipinski definition) is 2. The number of H-pyrrole nitrogens is 1. The number of hydrogen-bond acceptors (Lipinski definition) is 3. The van der Waals surface area contributed by atoms with Gasteiger partial charge in [-0.3, -0.25) is 0 Å². The van der Waals surface area contributed by atoms with Crippen LogP contribution in [-0.4, -0.2) is 26.8 Å². The molecule has 0 unspecified atom stereocenters. The fourth-order valence-electron chi connectivity index (χ4n) is 1.46. The number of carboxylic acids is 1. The first-order chi connectivity index (χ1) is 7.70. The molecule has 5 heteroatoms. The minimum absolute atomic E-state index is 0.283. The fraction of sp³-hybridized carbons (Fsp3) is 0.273. The summed E-state index contributed by atoms with van der Waals surface area (Å²) in [6, 6.07) is 4.92. The lowest BCUT2D eigenvalue weighted by molar-refractivity contribution is 0.0697. The van der Waals surface area contributed by atoms with E-state index in [1.807, 2.05) is 0 Å². The summed E-state index contributed by atoms with van der Waals surface area (Å²) in [7, 11) is 0. The van der Waals surface area contributed by atoms with Crippen molar-refractivity contribution in [2.75, 3.05) is 5.75 Å². The summed E-state index contributed by atoms with van der Waals surface area (Å²) in [4.78, 5) is 18.3. The van der Waals surface area contributed by atoms with Gasteiger partial charge in [0.1, 0.15) is 5.82 Å². The van der Waals surface area contributed by atoms with Crippen LogP contribution in [0.3, 0.4) is 0 Å². The Bertz CT molecular complexity index is 522. The average molecular weight is 236 g/mol. The number of thioether (sulfide) groups is 1. The summed E-state index contributed by atoms with van der Waals surface area (Å²) in [6.45, 7) is 2.09. The molecule has 0 aliphatic rings. The van der Waals surface area contributed by atoms with Crippen molar-refractivity contribution in [2.24, 2.45) is 0 Å². The highest BCUT2D eigenvalue weighted by Crippen LogP contribution is 2.16. The van der Waals surface area contributed by atoms with Crippen LogP contribution in [-0.2, 0) is 5.75 Å². The van der Waals surface area contributed by atoms with Gasteiger partial charge in [-0.15, -0.1) is 0 Å². The van der Waals surface area contributed by atoms with Gasteiger partial charge in [0, 0.05) is 0 Å². The Morgan fingerprint density at radius 3 is 3.06 bits per heavy atom. The monoisotopic (exact) mass is 236 g/mol. The molecule has 16 heavy (non-hydrogen) atoms. The molecule has 1 aromatic carbocycles. The van der Waals surface area contributed by atoms with Gasteiger partial charge in [-0.05, 0) is 24.0 Å². The quantitative estimate of drug-likeness (QED) is 0.856. The lowest BCUT2D eigenvalue weighted by Gasteiger charge is -1.92. The molecule has 0 radical (unpaired) electrons. The largest absolute Gasteiger partial charge is 0.478 e. The molecular weight excluding hydrogens is 224 g/mol. The van der Waals surface area contributed by atoms with E-state index < -0.39 is 5.97 Å². The smallest absolute Gasteiger partial charge is 0.335 e. The van der Waals surface area contributed by atoms with Gasteiger partial charge >= 0.3 is 5.97 Å². The van der Waals surface area contributed by atoms with Crippen LogP contribution in [0.1, 0.15) is 23.1 Å². The Morgan fingerprint density at radius 1 is 1.56 bits per heavy atom. The second-order valence-electron chi connectivity index (χ2n) is 3.36. The third kappa shape index (κ3) is 2.19. The summed E-state index contributed by atoms with van der Waals surface area (Å²) in [6.07, 6.45) is 0. The molecule has 2 N–H and O–H groups in total. The van der Waals surface area contributed by atoms with Crippen LogP contribution in [0.15, 0.2) is 18.2 Å². The molecule has 2 aromatic rings. The Balaban J connectivity index is 2.34. The fourth-order valence-corrected chi connectivity index (χ4v) is 2.00. The van der Waals surface area contributed by atoms with Crippen LogP contribution in [0.2, 0.25) is 0 Å². The molecule has 0 saturated heterocycles. The number of aromatic amines is 1. The topological polar surface area (TPSA) is 66.0 Å². The van der Waals surface area contributed by atoms with E-state index in [-0.39, 0.29) is 5.56 Å². The second-order valence-corrected chi connectivity index (χ2v) is 4.63. The molecule has 4 nitrogen and oxygen atoms in total. The van der Waals surface area contributed by atoms with Gasteiger partial charge in [-0.25, -0.2) is 9.78 Å². The normalized spacial score (nSPS) is 10.8. The molecule has 0 aliphatic heterocycles. The Hall–Kier alpha value is -1.49. The maximum atomic E-state index is 10.8. The molecular formula is C11H12N2O2S. The van der Waals surface area contributed by atoms with Crippen LogP contribution < -0.4 is 0 Å². The highest BCUT2D eigenvalue weighted by Gasteiger charge is 2.07. The number of aromatic nitrogens is 2. The van der Waals surface area contributed by atoms with Crippen molar-refractivity contribution in [3.05, 3.63) is 29.6 Å². The molecule has 2 rings (SSSR count). The van der Waals surface area contributed by atoms with Crippen molar-refractivity contribution >= 4 is 28.8 Å². The number of benzene rings is 1. The zero-order chi connectivity index (χ0) is 11.5. The molecule has 1 heterocycles. The lowest BCUT2D eigenvalue weighted by Crippen LogP contribution is -1.94. The van der Waals surface area contributed by atoms with Gasteiger partial charge < -0.3 is 10.1 Å². The molecule has 0 spiro atoms. The van der Waals surface area contributed by atoms with Crippen molar-refractivity contribution in [3.8, 4) is 0 Å². The first-order valence-corrected chi connectivity index (χ1v) is 6.16. The minimum atomic E-state index is -0.916. The number of imidazole rings is 1. The second kappa shape index (κ2) is 4.57. The minimum Gasteiger partial charge on any atom is -0.478 e. The summed E-state index contributed by atoms with van der Waals surface area (Å²) in [5, 5.41) is 8.85. The van der Waals surface area contributed by atoms with E-state index in [0.717, 1.165) is 28.4 Å². The number of rotatable bonds is 4. The zero-order valence-electron chi connectivity index (χ0n) is 8.86. The highest BCUT2D eigenvalue weighted by atomic mass is 32.2. The SMILES string of the molecule is CCSCc1nc2ccc(C(=O)O)cc2[nH]1. The molecule has 0 atom stereocenters. The number of aromatic carboxylic acids is 1. The number of nitrogens with zero attached hydrogens (tertiary/aromatic N) is 1. The molecule has 0 bridgehead atoms. The van der Waals surface area contributed by atoms with Gasteiger partial charge in [-0.1, -0.05) is 6.92 Å². The van der Waals surface area contributed by atoms with Gasteiger partial charge in [-0.2, -0.15) is 11.8 Å². The van der Waals surface area contributed by atoms with Gasteiger partial charge in [0.25, 0.3) is 0 Å². The molecule has 0 saturated carbocycles. The highest BCUT2D eigenvalue weighted by molar-refractivity contribution is 7.98. The van der Waals surface area contributed by atoms with E-state index in [9.17, 15) is 4.79 Å². The van der Waals surface area contributed by atoms with Crippen molar-refractivity contribution in [1.82, 2.24) is 9.97 Å². The van der Waals surface area contributed by atoms with Crippen LogP contribution in [0, 0.1) is 0 Å². The van der Waals surface area contributed by atoms with Crippen molar-refractivity contribution in [3.63, 3.8) is 0 Å². The molecule has 84 valence electrons. The molecule has 0 amide bonds. The first kappa shape index (κ1) is 11.0. The maximum Gasteiger partial charge on any atom is 0.335 e. The number of carbonyl (C=O) groups is 1. The lowest BCUT2D eigenvalue weighted by atomic mass is 10.2. The van der Waals surface area contributed by atoms with Gasteiger partial charge in [0.2, 0.25) is 0 Å². The van der Waals surface area contributed by atoms with Crippen molar-refractivity contribution in [1.29, 1.82) is 0 Å². The van der Waals surface area contributed by atoms with Gasteiger partial charge in [0.15, 0.2) is 0 Å². The van der Waals surface area contributed by atoms with E-state index in [0.29, 0.717) is 0 Å². The Kier molecular flexibility index (Phi) is 3.14. The molecule has 0 aliphatic carbocycles. The first-order valence-electron chi connectivity index (χ1n) is 5.00. The van der Waals surface area contributed by atoms with E-state index in [4.69, 9.17) is 5.11 Å². The van der Waals surface area contributed by atoms with Crippen LogP contribution in [0.5, 0.6) is 0 Å². The van der Waals surface area contributed by atoms with Crippen molar-refractivity contribution < 1.29 is 9.90 Å². The third-order valence-electron chi connectivity index (χ3n) is 2.22. The number of fused-ring (bicyclic) bond motifs is 1. The Morgan fingerprint density at radius 2 is 2.38 bits per heavy atom. The van der Waals surface area contributed by atoms with E-state index in [2.05, 4.69) is 16.9 Å². The summed E-state index contributed by atoms with van der Waals surface area (Å²) < 4.78 is 0. The van der Waals surface area contributed by atoms with Crippen molar-refractivity contribution in [2.45, 2.75) is 12.7 Å². The summed E-state index contributed by atoms with van der Waals surface area (Å²) in [5.41, 5.74) is 1.88. The molecule has 1 aromatic heterocycles. The average Bonchev–Trinajstić information content (AvgIpc) is 2.67. The standard InChI is InChI=1S/C11H12N2O2S/c1-2-16-6-10-12-8-4-3-7(11(14)15)5-9(8)13-10/h3-5H,2,6H2,1H3,(H,12,13)(H,14,15). The maximum absolute atomic E-state index is 10.8. The summed E-state index contributed by atoms with van der Waals surface area (Å²) in [5.74, 6) is 1.84. The van der Waals surface area contributed by atoms with E-state index in [1.54, 1.807) is 30.0 Å².